The second-order valence-electron chi connectivity index (χ2n) is 5.94. The summed E-state index contributed by atoms with van der Waals surface area (Å²) in [6.07, 6.45) is 4.28. The molecule has 0 amide bonds. The fourth-order valence-electron chi connectivity index (χ4n) is 2.59. The molecule has 0 radical (unpaired) electrons. The molecule has 1 heterocycles. The first-order chi connectivity index (χ1) is 12.8. The van der Waals surface area contributed by atoms with Crippen LogP contribution in [0.2, 0.25) is 0 Å². The maximum Gasteiger partial charge on any atom is 0.137 e. The lowest BCUT2D eigenvalue weighted by Crippen LogP contribution is -2.16. The highest BCUT2D eigenvalue weighted by atomic mass is 16.5. The zero-order valence-corrected chi connectivity index (χ0v) is 14.5. The molecular weight excluding hydrogens is 326 g/mol. The minimum absolute atomic E-state index is 0.449. The van der Waals surface area contributed by atoms with Gasteiger partial charge in [0.25, 0.3) is 0 Å². The van der Waals surface area contributed by atoms with Crippen LogP contribution in [-0.4, -0.2) is 21.3 Å². The molecule has 0 spiro atoms. The summed E-state index contributed by atoms with van der Waals surface area (Å²) in [5, 5.41) is 16.5. The molecule has 0 saturated carbocycles. The number of aryl methyl sites for hydroxylation is 1. The summed E-state index contributed by atoms with van der Waals surface area (Å²) in [5.74, 6) is 0.828. The molecule has 0 atom stereocenters. The predicted octanol–water partition coefficient (Wildman–Crippen LogP) is 2.91. The first-order valence-electron chi connectivity index (χ1n) is 8.57. The van der Waals surface area contributed by atoms with Gasteiger partial charge in [-0.25, -0.2) is 4.98 Å². The van der Waals surface area contributed by atoms with Crippen LogP contribution in [0.5, 0.6) is 5.75 Å². The van der Waals surface area contributed by atoms with E-state index in [4.69, 9.17) is 10.00 Å². The number of nitriles is 1. The van der Waals surface area contributed by atoms with E-state index in [-0.39, 0.29) is 0 Å². The molecule has 0 unspecified atom stereocenters. The lowest BCUT2D eigenvalue weighted by atomic mass is 10.1. The highest BCUT2D eigenvalue weighted by Crippen LogP contribution is 2.15. The van der Waals surface area contributed by atoms with Crippen LogP contribution >= 0.6 is 0 Å². The van der Waals surface area contributed by atoms with E-state index in [2.05, 4.69) is 27.5 Å². The van der Waals surface area contributed by atoms with Gasteiger partial charge in [-0.2, -0.15) is 10.4 Å². The summed E-state index contributed by atoms with van der Waals surface area (Å²) >= 11 is 0. The van der Waals surface area contributed by atoms with E-state index in [1.165, 1.54) is 5.56 Å². The molecule has 0 aliphatic carbocycles. The average Bonchev–Trinajstić information content (AvgIpc) is 3.20. The van der Waals surface area contributed by atoms with Gasteiger partial charge in [-0.1, -0.05) is 24.3 Å². The van der Waals surface area contributed by atoms with Gasteiger partial charge >= 0.3 is 0 Å². The molecular formula is C20H21N5O. The Balaban J connectivity index is 1.43. The molecule has 0 bridgehead atoms. The highest BCUT2D eigenvalue weighted by molar-refractivity contribution is 5.33. The molecule has 2 aromatic carbocycles. The van der Waals surface area contributed by atoms with Crippen molar-refractivity contribution in [3.63, 3.8) is 0 Å². The van der Waals surface area contributed by atoms with E-state index in [1.54, 1.807) is 18.7 Å². The van der Waals surface area contributed by atoms with Crippen molar-refractivity contribution in [2.45, 2.75) is 26.1 Å². The maximum atomic E-state index is 8.95. The third-order valence-corrected chi connectivity index (χ3v) is 3.90. The smallest absolute Gasteiger partial charge is 0.137 e. The van der Waals surface area contributed by atoms with Gasteiger partial charge < -0.3 is 10.1 Å². The van der Waals surface area contributed by atoms with Crippen molar-refractivity contribution in [2.24, 2.45) is 0 Å². The molecule has 0 fully saturated rings. The summed E-state index contributed by atoms with van der Waals surface area (Å²) in [6.45, 7) is 3.01. The number of hydrogen-bond donors (Lipinski definition) is 1. The summed E-state index contributed by atoms with van der Waals surface area (Å²) < 4.78 is 7.68. The second kappa shape index (κ2) is 9.35. The number of nitrogens with zero attached hydrogens (tertiary/aromatic N) is 4. The van der Waals surface area contributed by atoms with E-state index >= 15 is 0 Å². The van der Waals surface area contributed by atoms with Crippen molar-refractivity contribution in [3.05, 3.63) is 77.9 Å². The number of nitrogens with one attached hydrogen (secondary N) is 1. The molecule has 0 saturated heterocycles. The Bertz CT molecular complexity index is 855. The third-order valence-electron chi connectivity index (χ3n) is 3.90. The first kappa shape index (κ1) is 17.6. The number of aromatic nitrogens is 3. The van der Waals surface area contributed by atoms with Crippen molar-refractivity contribution < 1.29 is 4.74 Å². The topological polar surface area (TPSA) is 75.8 Å². The first-order valence-corrected chi connectivity index (χ1v) is 8.57. The largest absolute Gasteiger partial charge is 0.489 e. The van der Waals surface area contributed by atoms with Gasteiger partial charge in [-0.05, 0) is 48.4 Å². The van der Waals surface area contributed by atoms with E-state index in [9.17, 15) is 0 Å². The Morgan fingerprint density at radius 3 is 2.85 bits per heavy atom. The second-order valence-corrected chi connectivity index (χ2v) is 5.94. The molecule has 26 heavy (non-hydrogen) atoms. The normalized spacial score (nSPS) is 10.4. The van der Waals surface area contributed by atoms with Crippen LogP contribution in [0.4, 0.5) is 0 Å². The molecule has 132 valence electrons. The monoisotopic (exact) mass is 347 g/mol. The Morgan fingerprint density at radius 2 is 2.00 bits per heavy atom. The zero-order chi connectivity index (χ0) is 18.0. The van der Waals surface area contributed by atoms with Crippen molar-refractivity contribution in [1.29, 1.82) is 5.26 Å². The molecule has 1 N–H and O–H groups in total. The van der Waals surface area contributed by atoms with Crippen LogP contribution in [0.1, 0.15) is 23.1 Å². The molecule has 0 aliphatic rings. The van der Waals surface area contributed by atoms with Gasteiger partial charge in [0.05, 0.1) is 11.6 Å². The third kappa shape index (κ3) is 5.43. The average molecular weight is 347 g/mol. The van der Waals surface area contributed by atoms with Crippen LogP contribution < -0.4 is 10.1 Å². The Labute approximate surface area is 153 Å². The van der Waals surface area contributed by atoms with E-state index in [0.717, 1.165) is 37.4 Å². The summed E-state index contributed by atoms with van der Waals surface area (Å²) in [5.41, 5.74) is 2.81. The fraction of sp³-hybridized carbons (Fsp3) is 0.250. The number of hydrogen-bond acceptors (Lipinski definition) is 5. The van der Waals surface area contributed by atoms with Crippen molar-refractivity contribution in [3.8, 4) is 11.8 Å². The predicted molar refractivity (Wildman–Crippen MR) is 98.3 cm³/mol. The molecule has 0 aliphatic heterocycles. The van der Waals surface area contributed by atoms with E-state index in [0.29, 0.717) is 12.2 Å². The van der Waals surface area contributed by atoms with E-state index in [1.807, 2.05) is 41.1 Å². The molecule has 6 nitrogen and oxygen atoms in total. The van der Waals surface area contributed by atoms with Crippen LogP contribution in [0.25, 0.3) is 0 Å². The van der Waals surface area contributed by atoms with Crippen molar-refractivity contribution in [2.75, 3.05) is 6.54 Å². The van der Waals surface area contributed by atoms with Crippen LogP contribution in [0.3, 0.4) is 0 Å². The molecule has 3 aromatic rings. The molecule has 1 aromatic heterocycles. The number of ether oxygens (including phenoxy) is 1. The van der Waals surface area contributed by atoms with Gasteiger partial charge in [0.2, 0.25) is 0 Å². The minimum atomic E-state index is 0.449. The van der Waals surface area contributed by atoms with Crippen LogP contribution in [0, 0.1) is 11.3 Å². The summed E-state index contributed by atoms with van der Waals surface area (Å²) in [6, 6.07) is 17.7. The highest BCUT2D eigenvalue weighted by Gasteiger charge is 2.00. The van der Waals surface area contributed by atoms with Gasteiger partial charge in [0, 0.05) is 13.1 Å². The lowest BCUT2D eigenvalue weighted by Gasteiger charge is -2.09. The number of benzene rings is 2. The number of rotatable bonds is 9. The molecule has 3 rings (SSSR count). The van der Waals surface area contributed by atoms with Gasteiger partial charge in [0.1, 0.15) is 25.0 Å². The SMILES string of the molecule is N#Cc1cccc(COc2cccc(CNCCCn3cncn3)c2)c1. The Kier molecular flexibility index (Phi) is 6.35. The Hall–Kier alpha value is -3.17. The lowest BCUT2D eigenvalue weighted by molar-refractivity contribution is 0.306. The summed E-state index contributed by atoms with van der Waals surface area (Å²) in [7, 11) is 0. The Morgan fingerprint density at radius 1 is 1.12 bits per heavy atom. The van der Waals surface area contributed by atoms with Crippen molar-refractivity contribution in [1.82, 2.24) is 20.1 Å². The molecule has 6 heteroatoms. The van der Waals surface area contributed by atoms with Crippen LogP contribution in [0.15, 0.2) is 61.2 Å². The summed E-state index contributed by atoms with van der Waals surface area (Å²) in [4.78, 5) is 3.93. The van der Waals surface area contributed by atoms with Gasteiger partial charge in [0.15, 0.2) is 0 Å². The van der Waals surface area contributed by atoms with Crippen LogP contribution in [-0.2, 0) is 19.7 Å². The van der Waals surface area contributed by atoms with Gasteiger partial charge in [-0.15, -0.1) is 0 Å². The maximum absolute atomic E-state index is 8.95. The standard InChI is InChI=1S/C20H21N5O/c21-12-17-4-1-6-19(10-17)14-26-20-7-2-5-18(11-20)13-22-8-3-9-25-16-23-15-24-25/h1-2,4-7,10-11,15-16,22H,3,8-9,13-14H2. The minimum Gasteiger partial charge on any atom is -0.489 e. The quantitative estimate of drug-likeness (QED) is 0.602. The zero-order valence-electron chi connectivity index (χ0n) is 14.5. The van der Waals surface area contributed by atoms with Gasteiger partial charge in [-0.3, -0.25) is 4.68 Å². The van der Waals surface area contributed by atoms with E-state index < -0.39 is 0 Å². The fourth-order valence-corrected chi connectivity index (χ4v) is 2.59. The van der Waals surface area contributed by atoms with Crippen molar-refractivity contribution >= 4 is 0 Å².